The number of rotatable bonds is 6. The first-order chi connectivity index (χ1) is 15.9. The van der Waals surface area contributed by atoms with Crippen LogP contribution in [0, 0.1) is 23.1 Å². The molecule has 5 unspecified atom stereocenters. The van der Waals surface area contributed by atoms with E-state index in [-0.39, 0.29) is 17.8 Å². The van der Waals surface area contributed by atoms with E-state index in [1.165, 1.54) is 30.0 Å². The van der Waals surface area contributed by atoms with Crippen molar-refractivity contribution in [1.82, 2.24) is 4.98 Å². The molecule has 1 N–H and O–H groups in total. The molecule has 5 nitrogen and oxygen atoms in total. The van der Waals surface area contributed by atoms with Crippen molar-refractivity contribution in [2.24, 2.45) is 17.3 Å². The van der Waals surface area contributed by atoms with Gasteiger partial charge in [-0.15, -0.1) is 0 Å². The molecular weight excluding hydrogens is 421 g/mol. The summed E-state index contributed by atoms with van der Waals surface area (Å²) in [4.78, 5) is 15.5. The number of nitrogens with zero attached hydrogens (tertiary/aromatic N) is 1. The Kier molecular flexibility index (Phi) is 5.73. The van der Waals surface area contributed by atoms with Crippen LogP contribution in [-0.4, -0.2) is 35.9 Å². The minimum Gasteiger partial charge on any atom is -0.478 e. The van der Waals surface area contributed by atoms with Crippen molar-refractivity contribution in [3.8, 4) is 5.75 Å². The first-order valence-corrected chi connectivity index (χ1v) is 11.7. The molecule has 174 valence electrons. The van der Waals surface area contributed by atoms with E-state index in [1.54, 1.807) is 12.3 Å². The van der Waals surface area contributed by atoms with E-state index in [0.717, 1.165) is 37.7 Å². The van der Waals surface area contributed by atoms with Crippen LogP contribution in [0.3, 0.4) is 0 Å². The maximum atomic E-state index is 13.9. The third-order valence-corrected chi connectivity index (χ3v) is 8.17. The van der Waals surface area contributed by atoms with Gasteiger partial charge in [0, 0.05) is 13.3 Å². The second-order valence-corrected chi connectivity index (χ2v) is 9.88. The summed E-state index contributed by atoms with van der Waals surface area (Å²) in [6, 6.07) is 7.67. The number of benzene rings is 1. The Morgan fingerprint density at radius 1 is 1.30 bits per heavy atom. The largest absolute Gasteiger partial charge is 0.478 e. The van der Waals surface area contributed by atoms with Crippen LogP contribution in [0.5, 0.6) is 5.75 Å². The first-order valence-electron chi connectivity index (χ1n) is 11.7. The summed E-state index contributed by atoms with van der Waals surface area (Å²) in [5.74, 6) is 0.887. The number of methoxy groups -OCH3 is 1. The number of aliphatic carboxylic acids is 1. The molecule has 6 heteroatoms. The number of aryl methyl sites for hydroxylation is 1. The molecule has 0 bridgehead atoms. The molecule has 0 aliphatic heterocycles. The summed E-state index contributed by atoms with van der Waals surface area (Å²) in [5.41, 5.74) is 4.86. The minimum atomic E-state index is -1.03. The van der Waals surface area contributed by atoms with Crippen molar-refractivity contribution in [3.63, 3.8) is 0 Å². The number of carboxylic acid groups (broad SMARTS) is 1. The molecule has 1 heterocycles. The highest BCUT2D eigenvalue weighted by Crippen LogP contribution is 2.63. The molecular formula is C27H30FNO4. The molecule has 1 saturated carbocycles. The molecule has 33 heavy (non-hydrogen) atoms. The normalized spacial score (nSPS) is 28.8. The Hall–Kier alpha value is -2.73. The molecule has 1 fully saturated rings. The van der Waals surface area contributed by atoms with Crippen molar-refractivity contribution >= 4 is 11.5 Å². The van der Waals surface area contributed by atoms with Crippen molar-refractivity contribution in [3.05, 3.63) is 65.2 Å². The monoisotopic (exact) mass is 451 g/mol. The fraction of sp³-hybridized carbons (Fsp3) is 0.481. The predicted molar refractivity (Wildman–Crippen MR) is 123 cm³/mol. The molecule has 1 aromatic carbocycles. The smallest absolute Gasteiger partial charge is 0.347 e. The van der Waals surface area contributed by atoms with Gasteiger partial charge in [0.15, 0.2) is 0 Å². The molecule has 5 rings (SSSR count). The van der Waals surface area contributed by atoms with Gasteiger partial charge in [0.2, 0.25) is 6.10 Å². The zero-order valence-corrected chi connectivity index (χ0v) is 19.1. The summed E-state index contributed by atoms with van der Waals surface area (Å²) in [5, 5.41) is 9.35. The summed E-state index contributed by atoms with van der Waals surface area (Å²) < 4.78 is 24.6. The van der Waals surface area contributed by atoms with E-state index in [2.05, 4.69) is 24.1 Å². The highest BCUT2D eigenvalue weighted by atomic mass is 19.1. The summed E-state index contributed by atoms with van der Waals surface area (Å²) >= 11 is 0. The number of halogens is 1. The fourth-order valence-electron chi connectivity index (χ4n) is 6.68. The van der Waals surface area contributed by atoms with Crippen molar-refractivity contribution in [2.45, 2.75) is 51.0 Å². The summed E-state index contributed by atoms with van der Waals surface area (Å²) in [6.45, 7) is 2.36. The Labute approximate surface area is 193 Å². The summed E-state index contributed by atoms with van der Waals surface area (Å²) in [7, 11) is 1.47. The minimum absolute atomic E-state index is 0.00749. The number of carbonyl (C=O) groups is 1. The number of hydrogen-bond donors (Lipinski definition) is 1. The van der Waals surface area contributed by atoms with Crippen LogP contribution in [0.4, 0.5) is 4.39 Å². The number of aromatic nitrogens is 1. The van der Waals surface area contributed by atoms with Gasteiger partial charge in [0.05, 0.1) is 12.8 Å². The van der Waals surface area contributed by atoms with Gasteiger partial charge in [-0.2, -0.15) is 0 Å². The maximum absolute atomic E-state index is 13.9. The average Bonchev–Trinajstić information content (AvgIpc) is 3.15. The zero-order valence-electron chi connectivity index (χ0n) is 19.1. The molecule has 0 saturated heterocycles. The van der Waals surface area contributed by atoms with Gasteiger partial charge >= 0.3 is 5.97 Å². The van der Waals surface area contributed by atoms with Crippen LogP contribution < -0.4 is 4.74 Å². The van der Waals surface area contributed by atoms with Crippen molar-refractivity contribution in [2.75, 3.05) is 13.7 Å². The van der Waals surface area contributed by atoms with Gasteiger partial charge in [0.1, 0.15) is 11.6 Å². The maximum Gasteiger partial charge on any atom is 0.347 e. The second kappa shape index (κ2) is 8.56. The Balaban J connectivity index is 1.37. The lowest BCUT2D eigenvalue weighted by Crippen LogP contribution is -2.41. The number of pyridine rings is 1. The van der Waals surface area contributed by atoms with E-state index in [0.29, 0.717) is 23.5 Å². The zero-order chi connectivity index (χ0) is 23.2. The van der Waals surface area contributed by atoms with Gasteiger partial charge in [-0.3, -0.25) is 4.98 Å². The van der Waals surface area contributed by atoms with E-state index in [1.807, 2.05) is 12.1 Å². The van der Waals surface area contributed by atoms with Gasteiger partial charge < -0.3 is 14.6 Å². The standard InChI is InChI=1S/C27H30FNO4/c1-27-10-9-21-20-6-4-19(33-25(15-32-2)26(30)31)12-16(20)3-5-22(21)24(27)8-7-23(27)17-11-18(28)14-29-13-17/h4,6-7,11-14,21-22,24-25H,3,5,8-10,15H2,1-2H3,(H,30,31). The third kappa shape index (κ3) is 3.84. The van der Waals surface area contributed by atoms with Crippen LogP contribution in [0.2, 0.25) is 0 Å². The fourth-order valence-corrected chi connectivity index (χ4v) is 6.68. The average molecular weight is 452 g/mol. The molecule has 2 aromatic rings. The summed E-state index contributed by atoms with van der Waals surface area (Å²) in [6.07, 6.45) is 9.60. The van der Waals surface area contributed by atoms with Crippen LogP contribution in [0.15, 0.2) is 42.7 Å². The molecule has 0 amide bonds. The van der Waals surface area contributed by atoms with Crippen LogP contribution >= 0.6 is 0 Å². The van der Waals surface area contributed by atoms with Gasteiger partial charge in [-0.1, -0.05) is 19.1 Å². The molecule has 5 atom stereocenters. The Morgan fingerprint density at radius 3 is 2.91 bits per heavy atom. The van der Waals surface area contributed by atoms with Crippen LogP contribution in [-0.2, 0) is 16.0 Å². The van der Waals surface area contributed by atoms with E-state index < -0.39 is 12.1 Å². The topological polar surface area (TPSA) is 68.7 Å². The first kappa shape index (κ1) is 22.1. The number of carboxylic acids is 1. The molecule has 0 radical (unpaired) electrons. The Morgan fingerprint density at radius 2 is 2.15 bits per heavy atom. The number of ether oxygens (including phenoxy) is 2. The highest BCUT2D eigenvalue weighted by molar-refractivity contribution is 5.73. The van der Waals surface area contributed by atoms with Gasteiger partial charge in [-0.25, -0.2) is 9.18 Å². The quantitative estimate of drug-likeness (QED) is 0.650. The van der Waals surface area contributed by atoms with E-state index in [9.17, 15) is 14.3 Å². The molecule has 3 aliphatic carbocycles. The lowest BCUT2D eigenvalue weighted by Gasteiger charge is -2.50. The lowest BCUT2D eigenvalue weighted by atomic mass is 9.54. The SMILES string of the molecule is COCC(Oc1ccc2c(c1)CCC1C2CCC2(C)C(c3cncc(F)c3)=CCC12)C(=O)O. The van der Waals surface area contributed by atoms with E-state index >= 15 is 0 Å². The predicted octanol–water partition coefficient (Wildman–Crippen LogP) is 5.25. The second-order valence-electron chi connectivity index (χ2n) is 9.88. The lowest BCUT2D eigenvalue weighted by molar-refractivity contribution is -0.147. The number of allylic oxidation sites excluding steroid dienone is 2. The van der Waals surface area contributed by atoms with Crippen LogP contribution in [0.1, 0.15) is 55.2 Å². The third-order valence-electron chi connectivity index (χ3n) is 8.17. The molecule has 3 aliphatic rings. The highest BCUT2D eigenvalue weighted by Gasteiger charge is 2.52. The molecule has 0 spiro atoms. The molecule has 1 aromatic heterocycles. The van der Waals surface area contributed by atoms with Crippen LogP contribution in [0.25, 0.3) is 5.57 Å². The van der Waals surface area contributed by atoms with E-state index in [4.69, 9.17) is 9.47 Å². The van der Waals surface area contributed by atoms with Gasteiger partial charge in [0.25, 0.3) is 0 Å². The van der Waals surface area contributed by atoms with Crippen molar-refractivity contribution in [1.29, 1.82) is 0 Å². The number of hydrogen-bond acceptors (Lipinski definition) is 4. The Bertz CT molecular complexity index is 1100. The number of fused-ring (bicyclic) bond motifs is 5. The van der Waals surface area contributed by atoms with Crippen molar-refractivity contribution < 1.29 is 23.8 Å². The van der Waals surface area contributed by atoms with Gasteiger partial charge in [-0.05, 0) is 95.7 Å².